The van der Waals surface area contributed by atoms with Gasteiger partial charge in [0.25, 0.3) is 5.91 Å². The van der Waals surface area contributed by atoms with E-state index in [4.69, 9.17) is 9.47 Å². The number of hydrogen-bond acceptors (Lipinski definition) is 6. The highest BCUT2D eigenvalue weighted by molar-refractivity contribution is 7.89. The summed E-state index contributed by atoms with van der Waals surface area (Å²) < 4.78 is 50.3. The Labute approximate surface area is 187 Å². The maximum atomic E-state index is 13.0. The maximum absolute atomic E-state index is 13.0. The number of halogens is 1. The summed E-state index contributed by atoms with van der Waals surface area (Å²) in [6, 6.07) is 11.1. The lowest BCUT2D eigenvalue weighted by atomic mass is 10.1. The topological polar surface area (TPSA) is 111 Å². The molecule has 2 aromatic carbocycles. The summed E-state index contributed by atoms with van der Waals surface area (Å²) in [7, 11) is -3.80. The highest BCUT2D eigenvalue weighted by Gasteiger charge is 2.21. The standard InChI is InChI=1S/C22H27FN2O6S/c1-4-30-19-9-11-20(12-10-19)32(28,29)24-14-13-21(26)31-16(3)22(27)25-15(2)17-5-7-18(23)8-6-17/h5-12,15-16,24H,4,13-14H2,1-3H3,(H,25,27). The van der Waals surface area contributed by atoms with Crippen LogP contribution in [0.2, 0.25) is 0 Å². The number of sulfonamides is 1. The number of benzene rings is 2. The lowest BCUT2D eigenvalue weighted by molar-refractivity contribution is -0.154. The smallest absolute Gasteiger partial charge is 0.307 e. The van der Waals surface area contributed by atoms with Gasteiger partial charge in [-0.3, -0.25) is 9.59 Å². The fourth-order valence-electron chi connectivity index (χ4n) is 2.73. The molecule has 174 valence electrons. The van der Waals surface area contributed by atoms with Gasteiger partial charge in [-0.1, -0.05) is 12.1 Å². The zero-order valence-corrected chi connectivity index (χ0v) is 18.9. The molecule has 0 spiro atoms. The van der Waals surface area contributed by atoms with Crippen LogP contribution in [0.3, 0.4) is 0 Å². The van der Waals surface area contributed by atoms with E-state index in [0.29, 0.717) is 17.9 Å². The van der Waals surface area contributed by atoms with Crippen molar-refractivity contribution in [1.29, 1.82) is 0 Å². The monoisotopic (exact) mass is 466 g/mol. The molecule has 2 rings (SSSR count). The molecule has 8 nitrogen and oxygen atoms in total. The zero-order chi connectivity index (χ0) is 23.7. The van der Waals surface area contributed by atoms with E-state index in [0.717, 1.165) is 0 Å². The van der Waals surface area contributed by atoms with Gasteiger partial charge in [-0.05, 0) is 62.7 Å². The van der Waals surface area contributed by atoms with Crippen LogP contribution in [0.25, 0.3) is 0 Å². The van der Waals surface area contributed by atoms with E-state index in [-0.39, 0.29) is 23.7 Å². The summed E-state index contributed by atoms with van der Waals surface area (Å²) in [5, 5.41) is 2.68. The quantitative estimate of drug-likeness (QED) is 0.493. The van der Waals surface area contributed by atoms with Crippen molar-refractivity contribution in [2.24, 2.45) is 0 Å². The molecule has 0 heterocycles. The molecule has 2 aromatic rings. The van der Waals surface area contributed by atoms with Crippen molar-refractivity contribution in [2.75, 3.05) is 13.2 Å². The number of carbonyl (C=O) groups excluding carboxylic acids is 2. The van der Waals surface area contributed by atoms with Gasteiger partial charge in [0.05, 0.1) is 24.0 Å². The molecule has 2 unspecified atom stereocenters. The Morgan fingerprint density at radius 3 is 2.25 bits per heavy atom. The predicted molar refractivity (Wildman–Crippen MR) is 116 cm³/mol. The molecule has 0 aliphatic heterocycles. The van der Waals surface area contributed by atoms with Crippen molar-refractivity contribution >= 4 is 21.9 Å². The van der Waals surface area contributed by atoms with Crippen LogP contribution in [-0.4, -0.2) is 39.5 Å². The molecular weight excluding hydrogens is 439 g/mol. The van der Waals surface area contributed by atoms with Crippen molar-refractivity contribution in [2.45, 2.75) is 44.2 Å². The molecule has 0 fully saturated rings. The summed E-state index contributed by atoms with van der Waals surface area (Å²) in [6.45, 7) is 5.23. The minimum absolute atomic E-state index is 0.0387. The van der Waals surface area contributed by atoms with Crippen molar-refractivity contribution in [3.63, 3.8) is 0 Å². The van der Waals surface area contributed by atoms with Gasteiger partial charge in [-0.15, -0.1) is 0 Å². The minimum Gasteiger partial charge on any atom is -0.494 e. The summed E-state index contributed by atoms with van der Waals surface area (Å²) >= 11 is 0. The molecule has 0 radical (unpaired) electrons. The average Bonchev–Trinajstić information content (AvgIpc) is 2.74. The van der Waals surface area contributed by atoms with Crippen LogP contribution < -0.4 is 14.8 Å². The van der Waals surface area contributed by atoms with E-state index in [2.05, 4.69) is 10.0 Å². The number of carbonyl (C=O) groups is 2. The summed E-state index contributed by atoms with van der Waals surface area (Å²) in [4.78, 5) is 24.3. The molecule has 0 bridgehead atoms. The van der Waals surface area contributed by atoms with Gasteiger partial charge in [0.15, 0.2) is 6.10 Å². The SMILES string of the molecule is CCOc1ccc(S(=O)(=O)NCCC(=O)OC(C)C(=O)NC(C)c2ccc(F)cc2)cc1. The average molecular weight is 467 g/mol. The van der Waals surface area contributed by atoms with E-state index >= 15 is 0 Å². The molecule has 2 atom stereocenters. The zero-order valence-electron chi connectivity index (χ0n) is 18.1. The van der Waals surface area contributed by atoms with Crippen LogP contribution in [0, 0.1) is 5.82 Å². The van der Waals surface area contributed by atoms with Crippen LogP contribution in [-0.2, 0) is 24.3 Å². The van der Waals surface area contributed by atoms with Gasteiger partial charge in [-0.2, -0.15) is 0 Å². The number of nitrogens with one attached hydrogen (secondary N) is 2. The third-order valence-electron chi connectivity index (χ3n) is 4.47. The first-order valence-corrected chi connectivity index (χ1v) is 11.6. The summed E-state index contributed by atoms with van der Waals surface area (Å²) in [5.74, 6) is -1.08. The van der Waals surface area contributed by atoms with Gasteiger partial charge in [0, 0.05) is 6.54 Å². The second kappa shape index (κ2) is 11.6. The van der Waals surface area contributed by atoms with Crippen molar-refractivity contribution in [1.82, 2.24) is 10.0 Å². The minimum atomic E-state index is -3.80. The summed E-state index contributed by atoms with van der Waals surface area (Å²) in [6.07, 6.45) is -1.32. The first-order chi connectivity index (χ1) is 15.1. The summed E-state index contributed by atoms with van der Waals surface area (Å²) in [5.41, 5.74) is 0.696. The Morgan fingerprint density at radius 1 is 1.03 bits per heavy atom. The highest BCUT2D eigenvalue weighted by atomic mass is 32.2. The third kappa shape index (κ3) is 7.61. The molecule has 32 heavy (non-hydrogen) atoms. The largest absolute Gasteiger partial charge is 0.494 e. The third-order valence-corrected chi connectivity index (χ3v) is 5.95. The highest BCUT2D eigenvalue weighted by Crippen LogP contribution is 2.16. The number of hydrogen-bond donors (Lipinski definition) is 2. The Morgan fingerprint density at radius 2 is 1.66 bits per heavy atom. The lowest BCUT2D eigenvalue weighted by Crippen LogP contribution is -2.37. The maximum Gasteiger partial charge on any atom is 0.307 e. The lowest BCUT2D eigenvalue weighted by Gasteiger charge is -2.18. The van der Waals surface area contributed by atoms with Gasteiger partial charge in [0.1, 0.15) is 11.6 Å². The van der Waals surface area contributed by atoms with Crippen molar-refractivity contribution in [3.8, 4) is 5.75 Å². The van der Waals surface area contributed by atoms with Gasteiger partial charge < -0.3 is 14.8 Å². The van der Waals surface area contributed by atoms with E-state index in [9.17, 15) is 22.4 Å². The van der Waals surface area contributed by atoms with Crippen molar-refractivity contribution < 1.29 is 31.9 Å². The molecule has 10 heteroatoms. The first kappa shape index (κ1) is 25.3. The molecule has 0 aliphatic carbocycles. The van der Waals surface area contributed by atoms with Gasteiger partial charge in [0.2, 0.25) is 10.0 Å². The van der Waals surface area contributed by atoms with E-state index < -0.39 is 34.0 Å². The number of ether oxygens (including phenoxy) is 2. The van der Waals surface area contributed by atoms with E-state index in [1.807, 2.05) is 6.92 Å². The Balaban J connectivity index is 1.78. The molecule has 0 saturated carbocycles. The van der Waals surface area contributed by atoms with Crippen molar-refractivity contribution in [3.05, 3.63) is 59.9 Å². The number of esters is 1. The molecule has 1 amide bonds. The van der Waals surface area contributed by atoms with E-state index in [1.165, 1.54) is 31.2 Å². The Hall–Kier alpha value is -2.98. The molecule has 0 aromatic heterocycles. The molecular formula is C22H27FN2O6S. The normalized spacial score (nSPS) is 13.1. The Kier molecular flexibility index (Phi) is 9.15. The van der Waals surface area contributed by atoms with Crippen LogP contribution in [0.5, 0.6) is 5.75 Å². The predicted octanol–water partition coefficient (Wildman–Crippen LogP) is 2.70. The fraction of sp³-hybridized carbons (Fsp3) is 0.364. The van der Waals surface area contributed by atoms with Gasteiger partial charge in [-0.25, -0.2) is 17.5 Å². The van der Waals surface area contributed by atoms with Crippen LogP contribution >= 0.6 is 0 Å². The van der Waals surface area contributed by atoms with Crippen LogP contribution in [0.4, 0.5) is 4.39 Å². The number of amides is 1. The second-order valence-electron chi connectivity index (χ2n) is 6.97. The van der Waals surface area contributed by atoms with Crippen LogP contribution in [0.1, 0.15) is 38.8 Å². The fourth-order valence-corrected chi connectivity index (χ4v) is 3.76. The molecule has 0 saturated heterocycles. The Bertz CT molecular complexity index is 1010. The van der Waals surface area contributed by atoms with Crippen LogP contribution in [0.15, 0.2) is 53.4 Å². The second-order valence-corrected chi connectivity index (χ2v) is 8.73. The molecule has 2 N–H and O–H groups in total. The first-order valence-electron chi connectivity index (χ1n) is 10.1. The van der Waals surface area contributed by atoms with E-state index in [1.54, 1.807) is 31.2 Å². The number of rotatable bonds is 11. The van der Waals surface area contributed by atoms with Gasteiger partial charge >= 0.3 is 5.97 Å². The molecule has 0 aliphatic rings.